The van der Waals surface area contributed by atoms with E-state index in [-0.39, 0.29) is 22.3 Å². The van der Waals surface area contributed by atoms with Crippen molar-refractivity contribution in [1.29, 1.82) is 0 Å². The molecular formula is C24H38O3Si. The first-order chi connectivity index (χ1) is 13.0. The number of carbonyl (C=O) groups excluding carboxylic acids is 1. The number of ether oxygens (including phenoxy) is 1. The fraction of sp³-hybridized carbons (Fsp3) is 0.625. The maximum Gasteiger partial charge on any atom is 0.192 e. The highest BCUT2D eigenvalue weighted by Crippen LogP contribution is 2.43. The second kappa shape index (κ2) is 9.51. The van der Waals surface area contributed by atoms with E-state index in [0.29, 0.717) is 13.0 Å². The minimum atomic E-state index is -1.90. The van der Waals surface area contributed by atoms with Gasteiger partial charge in [0.25, 0.3) is 0 Å². The van der Waals surface area contributed by atoms with E-state index in [1.54, 1.807) is 6.08 Å². The lowest BCUT2D eigenvalue weighted by Crippen LogP contribution is -2.48. The lowest BCUT2D eigenvalue weighted by atomic mass is 9.74. The molecule has 0 aromatic heterocycles. The standard InChI is InChI=1S/C24H38O3Si/c1-23(2,3)28(5,6)27-22(24(4)16-14-21(25)15-17-24)13-10-18-26-19-20-11-8-7-9-12-20/h7-9,11-12,14,16,22H,10,13,15,17-19H2,1-6H3/t22-,24+/m0/s1. The van der Waals surface area contributed by atoms with E-state index in [4.69, 9.17) is 9.16 Å². The first-order valence-electron chi connectivity index (χ1n) is 10.6. The molecule has 156 valence electrons. The van der Waals surface area contributed by atoms with Crippen molar-refractivity contribution < 1.29 is 14.0 Å². The van der Waals surface area contributed by atoms with Crippen molar-refractivity contribution in [2.45, 2.75) is 84.2 Å². The molecule has 0 unspecified atom stereocenters. The summed E-state index contributed by atoms with van der Waals surface area (Å²) in [4.78, 5) is 11.7. The third kappa shape index (κ3) is 6.40. The summed E-state index contributed by atoms with van der Waals surface area (Å²) in [7, 11) is -1.90. The molecule has 0 N–H and O–H groups in total. The quantitative estimate of drug-likeness (QED) is 0.359. The van der Waals surface area contributed by atoms with Gasteiger partial charge in [-0.2, -0.15) is 0 Å². The second-order valence-corrected chi connectivity index (χ2v) is 14.6. The topological polar surface area (TPSA) is 35.5 Å². The van der Waals surface area contributed by atoms with Gasteiger partial charge in [0.2, 0.25) is 0 Å². The van der Waals surface area contributed by atoms with Crippen molar-refractivity contribution in [2.24, 2.45) is 5.41 Å². The van der Waals surface area contributed by atoms with Gasteiger partial charge < -0.3 is 9.16 Å². The molecule has 2 atom stereocenters. The fourth-order valence-electron chi connectivity index (χ4n) is 3.30. The van der Waals surface area contributed by atoms with Crippen LogP contribution in [0.5, 0.6) is 0 Å². The molecule has 28 heavy (non-hydrogen) atoms. The molecule has 0 amide bonds. The number of allylic oxidation sites excluding steroid dienone is 1. The number of ketones is 1. The summed E-state index contributed by atoms with van der Waals surface area (Å²) < 4.78 is 12.8. The maximum atomic E-state index is 11.7. The average molecular weight is 403 g/mol. The van der Waals surface area contributed by atoms with Crippen molar-refractivity contribution >= 4 is 14.1 Å². The Kier molecular flexibility index (Phi) is 7.83. The zero-order chi connectivity index (χ0) is 20.8. The van der Waals surface area contributed by atoms with Crippen LogP contribution in [0.3, 0.4) is 0 Å². The fourth-order valence-corrected chi connectivity index (χ4v) is 4.75. The van der Waals surface area contributed by atoms with E-state index >= 15 is 0 Å². The summed E-state index contributed by atoms with van der Waals surface area (Å²) in [6, 6.07) is 10.3. The van der Waals surface area contributed by atoms with Crippen LogP contribution >= 0.6 is 0 Å². The molecule has 0 saturated heterocycles. The number of rotatable bonds is 9. The molecule has 1 aliphatic carbocycles. The third-order valence-corrected chi connectivity index (χ3v) is 10.9. The zero-order valence-electron chi connectivity index (χ0n) is 18.6. The molecule has 1 aliphatic rings. The van der Waals surface area contributed by atoms with Gasteiger partial charge in [0.15, 0.2) is 14.1 Å². The monoisotopic (exact) mass is 402 g/mol. The van der Waals surface area contributed by atoms with Gasteiger partial charge in [-0.25, -0.2) is 0 Å². The predicted molar refractivity (Wildman–Crippen MR) is 119 cm³/mol. The molecular weight excluding hydrogens is 364 g/mol. The normalized spacial score (nSPS) is 21.7. The first kappa shape index (κ1) is 23.0. The van der Waals surface area contributed by atoms with Gasteiger partial charge in [0.05, 0.1) is 12.7 Å². The number of hydrogen-bond acceptors (Lipinski definition) is 3. The molecule has 0 spiro atoms. The van der Waals surface area contributed by atoms with E-state index in [1.165, 1.54) is 5.56 Å². The van der Waals surface area contributed by atoms with Crippen molar-refractivity contribution in [3.8, 4) is 0 Å². The minimum Gasteiger partial charge on any atom is -0.413 e. The van der Waals surface area contributed by atoms with Gasteiger partial charge in [-0.15, -0.1) is 0 Å². The molecule has 0 heterocycles. The molecule has 0 radical (unpaired) electrons. The summed E-state index contributed by atoms with van der Waals surface area (Å²) in [6.07, 6.45) is 7.39. The lowest BCUT2D eigenvalue weighted by Gasteiger charge is -2.45. The SMILES string of the molecule is CC(C)(C)[Si](C)(C)O[C@@H](CCCOCc1ccccc1)[C@]1(C)C=CC(=O)CC1. The van der Waals surface area contributed by atoms with Crippen molar-refractivity contribution in [3.63, 3.8) is 0 Å². The number of benzene rings is 1. The summed E-state index contributed by atoms with van der Waals surface area (Å²) in [5, 5.41) is 0.166. The van der Waals surface area contributed by atoms with E-state index < -0.39 is 8.32 Å². The first-order valence-corrected chi connectivity index (χ1v) is 13.5. The Morgan fingerprint density at radius 2 is 1.86 bits per heavy atom. The molecule has 0 aliphatic heterocycles. The van der Waals surface area contributed by atoms with Crippen LogP contribution < -0.4 is 0 Å². The largest absolute Gasteiger partial charge is 0.413 e. The van der Waals surface area contributed by atoms with Crippen molar-refractivity contribution in [1.82, 2.24) is 0 Å². The Bertz CT molecular complexity index is 660. The Morgan fingerprint density at radius 1 is 1.18 bits per heavy atom. The molecule has 1 aromatic carbocycles. The van der Waals surface area contributed by atoms with Crippen molar-refractivity contribution in [3.05, 3.63) is 48.0 Å². The zero-order valence-corrected chi connectivity index (χ0v) is 19.6. The Hall–Kier alpha value is -1.23. The van der Waals surface area contributed by atoms with Gasteiger partial charge in [0.1, 0.15) is 0 Å². The summed E-state index contributed by atoms with van der Waals surface area (Å²) in [5.74, 6) is 0.231. The molecule has 0 bridgehead atoms. The molecule has 1 aromatic rings. The van der Waals surface area contributed by atoms with Crippen LogP contribution in [-0.2, 0) is 20.6 Å². The maximum absolute atomic E-state index is 11.7. The second-order valence-electron chi connectivity index (χ2n) is 9.85. The van der Waals surface area contributed by atoms with E-state index in [9.17, 15) is 4.79 Å². The van der Waals surface area contributed by atoms with Crippen LogP contribution in [0.2, 0.25) is 18.1 Å². The molecule has 3 nitrogen and oxygen atoms in total. The van der Waals surface area contributed by atoms with Crippen LogP contribution in [0.25, 0.3) is 0 Å². The molecule has 4 heteroatoms. The van der Waals surface area contributed by atoms with E-state index in [2.05, 4.69) is 59.0 Å². The van der Waals surface area contributed by atoms with Crippen molar-refractivity contribution in [2.75, 3.05) is 6.61 Å². The highest BCUT2D eigenvalue weighted by Gasteiger charge is 2.43. The number of hydrogen-bond donors (Lipinski definition) is 0. The molecule has 0 fully saturated rings. The van der Waals surface area contributed by atoms with Gasteiger partial charge in [-0.1, -0.05) is 64.1 Å². The van der Waals surface area contributed by atoms with Gasteiger partial charge >= 0.3 is 0 Å². The Balaban J connectivity index is 1.98. The van der Waals surface area contributed by atoms with Crippen LogP contribution in [-0.4, -0.2) is 26.8 Å². The summed E-state index contributed by atoms with van der Waals surface area (Å²) in [6.45, 7) is 15.1. The minimum absolute atomic E-state index is 0.0805. The van der Waals surface area contributed by atoms with Gasteiger partial charge in [-0.05, 0) is 49.0 Å². The van der Waals surface area contributed by atoms with E-state index in [0.717, 1.165) is 25.9 Å². The van der Waals surface area contributed by atoms with E-state index in [1.807, 2.05) is 18.2 Å². The summed E-state index contributed by atoms with van der Waals surface area (Å²) >= 11 is 0. The smallest absolute Gasteiger partial charge is 0.192 e. The predicted octanol–water partition coefficient (Wildman–Crippen LogP) is 6.30. The summed E-state index contributed by atoms with van der Waals surface area (Å²) in [5.41, 5.74) is 1.13. The van der Waals surface area contributed by atoms with Crippen LogP contribution in [0, 0.1) is 5.41 Å². The lowest BCUT2D eigenvalue weighted by molar-refractivity contribution is -0.116. The highest BCUT2D eigenvalue weighted by atomic mass is 28.4. The number of carbonyl (C=O) groups is 1. The van der Waals surface area contributed by atoms with Crippen LogP contribution in [0.4, 0.5) is 0 Å². The highest BCUT2D eigenvalue weighted by molar-refractivity contribution is 6.74. The third-order valence-electron chi connectivity index (χ3n) is 6.41. The van der Waals surface area contributed by atoms with Crippen LogP contribution in [0.15, 0.2) is 42.5 Å². The molecule has 0 saturated carbocycles. The van der Waals surface area contributed by atoms with Gasteiger partial charge in [0, 0.05) is 18.4 Å². The Labute approximate surface area is 172 Å². The molecule has 2 rings (SSSR count). The average Bonchev–Trinajstić information content (AvgIpc) is 2.63. The van der Waals surface area contributed by atoms with Crippen LogP contribution in [0.1, 0.15) is 58.9 Å². The van der Waals surface area contributed by atoms with Gasteiger partial charge in [-0.3, -0.25) is 4.79 Å². The Morgan fingerprint density at radius 3 is 2.43 bits per heavy atom.